The van der Waals surface area contributed by atoms with Gasteiger partial charge in [0.1, 0.15) is 0 Å². The van der Waals surface area contributed by atoms with Gasteiger partial charge in [-0.1, -0.05) is 0 Å². The van der Waals surface area contributed by atoms with Crippen molar-refractivity contribution in [2.75, 3.05) is 7.11 Å². The number of hydrogen-bond donors (Lipinski definition) is 1. The molecule has 130 valence electrons. The van der Waals surface area contributed by atoms with Crippen LogP contribution in [0.2, 0.25) is 13.3 Å². The van der Waals surface area contributed by atoms with Crippen LogP contribution in [0.1, 0.15) is 65.7 Å². The molecule has 0 fully saturated rings. The number of carbonyl (C=O) groups is 1. The van der Waals surface area contributed by atoms with E-state index in [9.17, 15) is 9.90 Å². The van der Waals surface area contributed by atoms with Gasteiger partial charge in [-0.2, -0.15) is 0 Å². The summed E-state index contributed by atoms with van der Waals surface area (Å²) >= 11 is -2.32. The first-order valence-electron chi connectivity index (χ1n) is 8.97. The van der Waals surface area contributed by atoms with Crippen molar-refractivity contribution in [2.45, 2.75) is 85.1 Å². The average Bonchev–Trinajstić information content (AvgIpc) is 2.53. The molecule has 0 rings (SSSR count). The van der Waals surface area contributed by atoms with E-state index in [4.69, 9.17) is 0 Å². The molecule has 0 aliphatic rings. The van der Waals surface area contributed by atoms with Crippen molar-refractivity contribution in [3.8, 4) is 0 Å². The van der Waals surface area contributed by atoms with Crippen LogP contribution in [0.25, 0.3) is 0 Å². The van der Waals surface area contributed by atoms with E-state index in [1.807, 2.05) is 6.08 Å². The number of aliphatic hydroxyl groups excluding tert-OH is 1. The van der Waals surface area contributed by atoms with Gasteiger partial charge in [0.15, 0.2) is 0 Å². The number of esters is 1. The summed E-state index contributed by atoms with van der Waals surface area (Å²) in [5, 5.41) is 10.0. The second kappa shape index (κ2) is 13.4. The van der Waals surface area contributed by atoms with E-state index >= 15 is 0 Å². The fourth-order valence-corrected chi connectivity index (χ4v) is 17.3. The average molecular weight is 419 g/mol. The summed E-state index contributed by atoms with van der Waals surface area (Å²) in [5.41, 5.74) is 0. The zero-order valence-corrected chi connectivity index (χ0v) is 17.9. The Labute approximate surface area is 141 Å². The Morgan fingerprint density at radius 2 is 1.50 bits per heavy atom. The Bertz CT molecular complexity index is 294. The van der Waals surface area contributed by atoms with Gasteiger partial charge in [0.05, 0.1) is 0 Å². The molecule has 1 N–H and O–H groups in total. The summed E-state index contributed by atoms with van der Waals surface area (Å²) in [5.74, 6) is -0.339. The molecule has 3 nitrogen and oxygen atoms in total. The van der Waals surface area contributed by atoms with E-state index in [-0.39, 0.29) is 12.4 Å². The van der Waals surface area contributed by atoms with Crippen molar-refractivity contribution in [3.05, 3.63) is 10.2 Å². The van der Waals surface area contributed by atoms with Crippen LogP contribution in [0, 0.1) is 0 Å². The topological polar surface area (TPSA) is 46.5 Å². The molecule has 0 radical (unpaired) electrons. The van der Waals surface area contributed by atoms with Gasteiger partial charge >= 0.3 is 141 Å². The van der Waals surface area contributed by atoms with Gasteiger partial charge in [-0.15, -0.1) is 0 Å². The van der Waals surface area contributed by atoms with Crippen LogP contribution in [0.5, 0.6) is 0 Å². The van der Waals surface area contributed by atoms with Crippen LogP contribution in [-0.2, 0) is 9.53 Å². The summed E-state index contributed by atoms with van der Waals surface area (Å²) in [6.07, 6.45) is 8.95. The minimum absolute atomic E-state index is 0.0737. The third-order valence-corrected chi connectivity index (χ3v) is 18.5. The number of unbranched alkanes of at least 4 members (excludes halogenated alkanes) is 3. The number of ether oxygens (including phenoxy) is 1. The standard InChI is InChI=1S/C6H9O3.3C4H9.Sn/c1-3-5(7)4-6(8)9-2;3*1-3-4-2;/h1,3,5,7H,4H2,2H3;3*1,3-4H2,2H3;/t5-;;;;/m1..../s1. The summed E-state index contributed by atoms with van der Waals surface area (Å²) in [6.45, 7) is 6.77. The first-order valence-corrected chi connectivity index (χ1v) is 16.7. The molecule has 4 heteroatoms. The van der Waals surface area contributed by atoms with E-state index in [1.165, 1.54) is 58.9 Å². The molecule has 0 aromatic heterocycles. The van der Waals surface area contributed by atoms with E-state index in [2.05, 4.69) is 29.6 Å². The second-order valence-electron chi connectivity index (χ2n) is 6.38. The molecule has 0 aromatic carbocycles. The molecule has 0 aliphatic heterocycles. The maximum absolute atomic E-state index is 11.3. The molecule has 0 bridgehead atoms. The van der Waals surface area contributed by atoms with Crippen molar-refractivity contribution in [3.63, 3.8) is 0 Å². The van der Waals surface area contributed by atoms with Crippen LogP contribution >= 0.6 is 0 Å². The van der Waals surface area contributed by atoms with Gasteiger partial charge in [-0.25, -0.2) is 0 Å². The van der Waals surface area contributed by atoms with Gasteiger partial charge in [0, 0.05) is 0 Å². The predicted octanol–water partition coefficient (Wildman–Crippen LogP) is 4.85. The first kappa shape index (κ1) is 22.0. The zero-order chi connectivity index (χ0) is 16.8. The van der Waals surface area contributed by atoms with Gasteiger partial charge in [0.25, 0.3) is 0 Å². The maximum atomic E-state index is 11.3. The molecule has 0 aromatic rings. The SMILES string of the molecule is CCC[CH2][Sn](/[CH]=C/[C@@H](O)CC(=O)OC)([CH2]CCC)[CH2]CCC. The van der Waals surface area contributed by atoms with Crippen molar-refractivity contribution >= 4 is 24.3 Å². The normalized spacial score (nSPS) is 13.5. The molecule has 0 amide bonds. The van der Waals surface area contributed by atoms with Crippen LogP contribution in [0.4, 0.5) is 0 Å². The van der Waals surface area contributed by atoms with Gasteiger partial charge in [-0.05, 0) is 0 Å². The molecule has 0 saturated carbocycles. The third kappa shape index (κ3) is 9.88. The number of carbonyl (C=O) groups excluding carboxylic acids is 1. The number of aliphatic hydroxyl groups is 1. The Hall–Kier alpha value is -0.0313. The quantitative estimate of drug-likeness (QED) is 0.343. The van der Waals surface area contributed by atoms with E-state index in [0.717, 1.165) is 0 Å². The van der Waals surface area contributed by atoms with Crippen molar-refractivity contribution in [1.29, 1.82) is 0 Å². The third-order valence-electron chi connectivity index (χ3n) is 4.36. The van der Waals surface area contributed by atoms with Crippen molar-refractivity contribution in [1.82, 2.24) is 0 Å². The molecule has 0 unspecified atom stereocenters. The number of rotatable bonds is 13. The summed E-state index contributed by atoms with van der Waals surface area (Å²) in [4.78, 5) is 11.3. The van der Waals surface area contributed by atoms with E-state index in [1.54, 1.807) is 0 Å². The molecular formula is C18H36O3Sn. The van der Waals surface area contributed by atoms with Gasteiger partial charge in [-0.3, -0.25) is 0 Å². The van der Waals surface area contributed by atoms with E-state index in [0.29, 0.717) is 0 Å². The molecular weight excluding hydrogens is 383 g/mol. The molecule has 0 spiro atoms. The van der Waals surface area contributed by atoms with Crippen LogP contribution < -0.4 is 0 Å². The summed E-state index contributed by atoms with van der Waals surface area (Å²) < 4.78 is 11.2. The Balaban J connectivity index is 4.92. The summed E-state index contributed by atoms with van der Waals surface area (Å²) in [7, 11) is 1.37. The molecule has 1 atom stereocenters. The number of hydrogen-bond acceptors (Lipinski definition) is 3. The monoisotopic (exact) mass is 420 g/mol. The van der Waals surface area contributed by atoms with Crippen LogP contribution in [0.15, 0.2) is 10.2 Å². The Morgan fingerprint density at radius 1 is 1.05 bits per heavy atom. The predicted molar refractivity (Wildman–Crippen MR) is 96.7 cm³/mol. The van der Waals surface area contributed by atoms with Crippen LogP contribution in [-0.4, -0.2) is 42.7 Å². The van der Waals surface area contributed by atoms with Gasteiger partial charge in [0.2, 0.25) is 0 Å². The molecule has 0 saturated heterocycles. The fraction of sp³-hybridized carbons (Fsp3) is 0.833. The fourth-order valence-electron chi connectivity index (χ4n) is 2.85. The van der Waals surface area contributed by atoms with E-state index < -0.39 is 24.5 Å². The zero-order valence-electron chi connectivity index (χ0n) is 15.1. The first-order chi connectivity index (χ1) is 10.5. The van der Waals surface area contributed by atoms with Gasteiger partial charge < -0.3 is 0 Å². The number of methoxy groups -OCH3 is 1. The second-order valence-corrected chi connectivity index (χ2v) is 19.4. The van der Waals surface area contributed by atoms with Crippen molar-refractivity contribution < 1.29 is 14.6 Å². The van der Waals surface area contributed by atoms with Crippen molar-refractivity contribution in [2.24, 2.45) is 0 Å². The Morgan fingerprint density at radius 3 is 1.86 bits per heavy atom. The minimum atomic E-state index is -2.32. The molecule has 0 heterocycles. The molecule has 0 aliphatic carbocycles. The summed E-state index contributed by atoms with van der Waals surface area (Å²) in [6, 6.07) is 0. The Kier molecular flexibility index (Phi) is 13.4. The molecule has 22 heavy (non-hydrogen) atoms. The van der Waals surface area contributed by atoms with Crippen LogP contribution in [0.3, 0.4) is 0 Å².